The van der Waals surface area contributed by atoms with Gasteiger partial charge in [0.15, 0.2) is 11.6 Å². The first-order chi connectivity index (χ1) is 26.6. The molecule has 1 aliphatic carbocycles. The van der Waals surface area contributed by atoms with Gasteiger partial charge in [0.05, 0.1) is 36.3 Å². The third-order valence-electron chi connectivity index (χ3n) is 11.1. The van der Waals surface area contributed by atoms with Crippen molar-refractivity contribution < 1.29 is 28.2 Å². The van der Waals surface area contributed by atoms with Crippen molar-refractivity contribution >= 4 is 40.1 Å². The van der Waals surface area contributed by atoms with Gasteiger partial charge in [0.25, 0.3) is 6.43 Å². The van der Waals surface area contributed by atoms with E-state index in [1.807, 2.05) is 56.3 Å². The van der Waals surface area contributed by atoms with Crippen LogP contribution in [0.25, 0.3) is 33.3 Å². The third-order valence-corrected chi connectivity index (χ3v) is 11.5. The van der Waals surface area contributed by atoms with Crippen molar-refractivity contribution in [3.63, 3.8) is 0 Å². The Bertz CT molecular complexity index is 2270. The molecule has 2 atom stereocenters. The molecule has 2 aromatic heterocycles. The number of fused-ring (bicyclic) bond motifs is 2. The standard InChI is InChI=1S/C42H43ClF2N6O4/c1-4-55-42(53)27-20-51(21-27)34-12-11-25-16-26(17-35(54-3)36(25)34)30-8-5-9-31(37(30)43)29-7-6-10-32(23(29)2)47-40-38-33(48-41(49-40)39(44)45)15-24(18-46-38)19-50-14-13-28(52)22-50/h5-10,15-18,27-28,34,39,52H,4,11-14,19-22H2,1-3H3,(H,47,48,49)/t28-,34+/m0/s1. The number of ether oxygens (including phenoxy) is 2. The van der Waals surface area contributed by atoms with E-state index in [2.05, 4.69) is 36.1 Å². The number of carbonyl (C=O) groups is 1. The van der Waals surface area contributed by atoms with E-state index in [1.54, 1.807) is 19.4 Å². The summed E-state index contributed by atoms with van der Waals surface area (Å²) in [6.07, 6.45) is 0.995. The zero-order valence-corrected chi connectivity index (χ0v) is 31.7. The number of β-amino-alcohol motifs (C(OH)–C–C–N with tert-alkyl or cyclic N) is 1. The number of aryl methyl sites for hydroxylation is 1. The van der Waals surface area contributed by atoms with E-state index < -0.39 is 12.2 Å². The Morgan fingerprint density at radius 2 is 1.84 bits per heavy atom. The minimum atomic E-state index is -2.88. The van der Waals surface area contributed by atoms with Crippen LogP contribution < -0.4 is 10.1 Å². The van der Waals surface area contributed by atoms with Crippen LogP contribution in [0.2, 0.25) is 5.02 Å². The Hall–Kier alpha value is -4.75. The first-order valence-electron chi connectivity index (χ1n) is 18.7. The minimum Gasteiger partial charge on any atom is -0.496 e. The molecule has 3 aliphatic rings. The van der Waals surface area contributed by atoms with Crippen LogP contribution in [0.3, 0.4) is 0 Å². The van der Waals surface area contributed by atoms with E-state index in [1.165, 1.54) is 11.1 Å². The molecule has 0 bridgehead atoms. The van der Waals surface area contributed by atoms with Crippen LogP contribution in [0.4, 0.5) is 20.3 Å². The highest BCUT2D eigenvalue weighted by atomic mass is 35.5. The monoisotopic (exact) mass is 768 g/mol. The summed E-state index contributed by atoms with van der Waals surface area (Å²) < 4.78 is 39.4. The normalized spacial score (nSPS) is 18.8. The van der Waals surface area contributed by atoms with Crippen LogP contribution in [-0.2, 0) is 22.5 Å². The SMILES string of the molecule is CCOC(=O)C1CN([C@@H]2CCc3cc(-c4cccc(-c5cccc(Nc6nc(C(F)F)nc7cc(CN8CC[C@H](O)C8)cnc67)c5C)c4Cl)cc(OC)c32)C1. The molecule has 286 valence electrons. The number of halogens is 3. The number of nitrogens with zero attached hydrogens (tertiary/aromatic N) is 5. The number of methoxy groups -OCH3 is 1. The topological polar surface area (TPSA) is 113 Å². The van der Waals surface area contributed by atoms with Gasteiger partial charge in [-0.1, -0.05) is 48.0 Å². The van der Waals surface area contributed by atoms with Crippen LogP contribution in [-0.4, -0.2) is 81.8 Å². The van der Waals surface area contributed by atoms with Gasteiger partial charge in [-0.2, -0.15) is 0 Å². The number of aromatic nitrogens is 3. The molecule has 0 saturated carbocycles. The molecular weight excluding hydrogens is 726 g/mol. The molecule has 10 nitrogen and oxygen atoms in total. The molecule has 2 fully saturated rings. The van der Waals surface area contributed by atoms with Crippen LogP contribution in [0.15, 0.2) is 60.8 Å². The van der Waals surface area contributed by atoms with Crippen molar-refractivity contribution in [2.24, 2.45) is 5.92 Å². The lowest BCUT2D eigenvalue weighted by Crippen LogP contribution is -2.51. The van der Waals surface area contributed by atoms with Crippen LogP contribution in [0.5, 0.6) is 5.75 Å². The fourth-order valence-electron chi connectivity index (χ4n) is 8.29. The summed E-state index contributed by atoms with van der Waals surface area (Å²) in [5.74, 6) is 0.179. The number of esters is 1. The zero-order valence-electron chi connectivity index (χ0n) is 31.0. The average Bonchev–Trinajstić information content (AvgIpc) is 3.77. The van der Waals surface area contributed by atoms with E-state index in [4.69, 9.17) is 21.1 Å². The first kappa shape index (κ1) is 37.2. The number of rotatable bonds is 11. The van der Waals surface area contributed by atoms with Gasteiger partial charge in [-0.05, 0) is 79.1 Å². The number of hydrogen-bond acceptors (Lipinski definition) is 10. The van der Waals surface area contributed by atoms with E-state index in [-0.39, 0.29) is 29.9 Å². The molecule has 4 heterocycles. The van der Waals surface area contributed by atoms with Crippen LogP contribution in [0, 0.1) is 12.8 Å². The Morgan fingerprint density at radius 1 is 1.05 bits per heavy atom. The van der Waals surface area contributed by atoms with Crippen LogP contribution in [0.1, 0.15) is 60.3 Å². The lowest BCUT2D eigenvalue weighted by molar-refractivity contribution is -0.155. The molecule has 2 N–H and O–H groups in total. The number of aliphatic hydroxyl groups is 1. The van der Waals surface area contributed by atoms with Gasteiger partial charge < -0.3 is 19.9 Å². The summed E-state index contributed by atoms with van der Waals surface area (Å²) in [5, 5.41) is 13.8. The molecule has 55 heavy (non-hydrogen) atoms. The highest BCUT2D eigenvalue weighted by Crippen LogP contribution is 2.48. The zero-order chi connectivity index (χ0) is 38.4. The van der Waals surface area contributed by atoms with Crippen molar-refractivity contribution in [1.82, 2.24) is 24.8 Å². The number of likely N-dealkylation sites (tertiary alicyclic amines) is 2. The van der Waals surface area contributed by atoms with Gasteiger partial charge in [-0.15, -0.1) is 0 Å². The van der Waals surface area contributed by atoms with Crippen LogP contribution >= 0.6 is 11.6 Å². The number of hydrogen-bond donors (Lipinski definition) is 2. The number of carbonyl (C=O) groups excluding carboxylic acids is 1. The Balaban J connectivity index is 1.08. The predicted octanol–water partition coefficient (Wildman–Crippen LogP) is 8.06. The summed E-state index contributed by atoms with van der Waals surface area (Å²) in [5.41, 5.74) is 8.89. The van der Waals surface area contributed by atoms with Crippen molar-refractivity contribution in [3.05, 3.63) is 93.9 Å². The van der Waals surface area contributed by atoms with E-state index in [0.717, 1.165) is 58.5 Å². The van der Waals surface area contributed by atoms with Gasteiger partial charge in [0, 0.05) is 67.3 Å². The summed E-state index contributed by atoms with van der Waals surface area (Å²) in [7, 11) is 1.69. The summed E-state index contributed by atoms with van der Waals surface area (Å²) >= 11 is 7.26. The number of nitrogens with one attached hydrogen (secondary N) is 1. The van der Waals surface area contributed by atoms with Gasteiger partial charge in [0.1, 0.15) is 11.3 Å². The number of benzene rings is 3. The van der Waals surface area contributed by atoms with Gasteiger partial charge >= 0.3 is 5.97 Å². The molecule has 2 saturated heterocycles. The maximum Gasteiger partial charge on any atom is 0.311 e. The second kappa shape index (κ2) is 15.4. The Labute approximate surface area is 323 Å². The average molecular weight is 769 g/mol. The number of alkyl halides is 2. The van der Waals surface area contributed by atoms with E-state index in [0.29, 0.717) is 61.0 Å². The highest BCUT2D eigenvalue weighted by Gasteiger charge is 2.41. The fraction of sp³-hybridized carbons (Fsp3) is 0.381. The lowest BCUT2D eigenvalue weighted by Gasteiger charge is -2.42. The molecule has 5 aromatic rings. The van der Waals surface area contributed by atoms with Gasteiger partial charge in [-0.3, -0.25) is 19.6 Å². The summed E-state index contributed by atoms with van der Waals surface area (Å²) in [6, 6.07) is 17.9. The predicted molar refractivity (Wildman–Crippen MR) is 208 cm³/mol. The highest BCUT2D eigenvalue weighted by molar-refractivity contribution is 6.36. The minimum absolute atomic E-state index is 0.0880. The van der Waals surface area contributed by atoms with Crippen molar-refractivity contribution in [2.45, 2.75) is 58.2 Å². The number of pyridine rings is 1. The quantitative estimate of drug-likeness (QED) is 0.128. The lowest BCUT2D eigenvalue weighted by atomic mass is 9.92. The van der Waals surface area contributed by atoms with Crippen molar-refractivity contribution in [2.75, 3.05) is 45.2 Å². The molecular formula is C42H43ClF2N6O4. The largest absolute Gasteiger partial charge is 0.496 e. The Kier molecular flexibility index (Phi) is 10.4. The smallest absolute Gasteiger partial charge is 0.311 e. The first-order valence-corrected chi connectivity index (χ1v) is 19.1. The molecule has 0 radical (unpaired) electrons. The second-order valence-corrected chi connectivity index (χ2v) is 15.0. The van der Waals surface area contributed by atoms with Crippen molar-refractivity contribution in [1.29, 1.82) is 0 Å². The summed E-state index contributed by atoms with van der Waals surface area (Å²) in [6.45, 7) is 7.38. The maximum absolute atomic E-state index is 14.1. The molecule has 0 spiro atoms. The summed E-state index contributed by atoms with van der Waals surface area (Å²) in [4.78, 5) is 29.7. The molecule has 8 rings (SSSR count). The molecule has 0 amide bonds. The molecule has 3 aromatic carbocycles. The molecule has 13 heteroatoms. The van der Waals surface area contributed by atoms with E-state index in [9.17, 15) is 18.7 Å². The van der Waals surface area contributed by atoms with Crippen molar-refractivity contribution in [3.8, 4) is 28.0 Å². The van der Waals surface area contributed by atoms with Gasteiger partial charge in [-0.25, -0.2) is 18.7 Å². The third kappa shape index (κ3) is 7.24. The maximum atomic E-state index is 14.1. The van der Waals surface area contributed by atoms with E-state index >= 15 is 0 Å². The van der Waals surface area contributed by atoms with Gasteiger partial charge in [0.2, 0.25) is 0 Å². The Morgan fingerprint density at radius 3 is 2.58 bits per heavy atom. The molecule has 2 aliphatic heterocycles. The number of aliphatic hydroxyl groups excluding tert-OH is 1. The second-order valence-electron chi connectivity index (χ2n) is 14.6. The number of anilines is 2. The fourth-order valence-corrected chi connectivity index (χ4v) is 8.63. The molecule has 0 unspecified atom stereocenters.